The Bertz CT molecular complexity index is 547. The molecule has 1 atom stereocenters. The smallest absolute Gasteiger partial charge is 0.191 e. The summed E-state index contributed by atoms with van der Waals surface area (Å²) in [4.78, 5) is 7.83. The molecule has 8 heteroatoms. The van der Waals surface area contributed by atoms with E-state index in [1.165, 1.54) is 24.2 Å². The molecule has 0 radical (unpaired) electrons. The molecule has 2 rings (SSSR count). The fraction of sp³-hybridized carbons (Fsp3) is 0.722. The monoisotopic (exact) mass is 402 g/mol. The first-order valence-electron chi connectivity index (χ1n) is 9.29. The molecule has 1 fully saturated rings. The number of aliphatic hydroxyl groups is 1. The third kappa shape index (κ3) is 7.40. The lowest BCUT2D eigenvalue weighted by Gasteiger charge is -2.32. The first-order chi connectivity index (χ1) is 12.6. The summed E-state index contributed by atoms with van der Waals surface area (Å²) in [6, 6.07) is 3.65. The zero-order valence-corrected chi connectivity index (χ0v) is 17.3. The second-order valence-corrected chi connectivity index (χ2v) is 8.28. The van der Waals surface area contributed by atoms with Gasteiger partial charge in [0.05, 0.1) is 17.5 Å². The van der Waals surface area contributed by atoms with Crippen molar-refractivity contribution in [3.63, 3.8) is 0 Å². The van der Waals surface area contributed by atoms with Crippen LogP contribution in [-0.2, 0) is 4.74 Å². The SMILES string of the molecule is CCNC(=NCC(O)c1ccc(Cl)s1)NCC1CCN(CCOC)CC1. The normalized spacial score (nSPS) is 18.1. The minimum Gasteiger partial charge on any atom is -0.386 e. The minimum atomic E-state index is -0.619. The molecule has 26 heavy (non-hydrogen) atoms. The molecule has 0 aromatic carbocycles. The molecule has 1 saturated heterocycles. The maximum Gasteiger partial charge on any atom is 0.191 e. The number of halogens is 1. The largest absolute Gasteiger partial charge is 0.386 e. The molecule has 148 valence electrons. The van der Waals surface area contributed by atoms with Crippen molar-refractivity contribution in [2.45, 2.75) is 25.9 Å². The summed E-state index contributed by atoms with van der Waals surface area (Å²) >= 11 is 7.32. The molecule has 0 aliphatic carbocycles. The van der Waals surface area contributed by atoms with Gasteiger partial charge in [-0.05, 0) is 50.9 Å². The van der Waals surface area contributed by atoms with E-state index >= 15 is 0 Å². The fourth-order valence-corrected chi connectivity index (χ4v) is 4.03. The van der Waals surface area contributed by atoms with Gasteiger partial charge >= 0.3 is 0 Å². The number of hydrogen-bond acceptors (Lipinski definition) is 5. The van der Waals surface area contributed by atoms with Crippen LogP contribution >= 0.6 is 22.9 Å². The Labute approximate surface area is 165 Å². The van der Waals surface area contributed by atoms with Gasteiger partial charge in [-0.3, -0.25) is 4.99 Å². The molecule has 2 heterocycles. The van der Waals surface area contributed by atoms with Crippen LogP contribution < -0.4 is 10.6 Å². The number of aliphatic imine (C=N–C) groups is 1. The van der Waals surface area contributed by atoms with E-state index < -0.39 is 6.10 Å². The number of methoxy groups -OCH3 is 1. The van der Waals surface area contributed by atoms with E-state index in [2.05, 4.69) is 20.5 Å². The number of aliphatic hydroxyl groups excluding tert-OH is 1. The zero-order valence-electron chi connectivity index (χ0n) is 15.7. The molecular weight excluding hydrogens is 372 g/mol. The van der Waals surface area contributed by atoms with Crippen LogP contribution in [0.15, 0.2) is 17.1 Å². The Balaban J connectivity index is 1.75. The van der Waals surface area contributed by atoms with E-state index in [0.717, 1.165) is 50.2 Å². The highest BCUT2D eigenvalue weighted by atomic mass is 35.5. The molecule has 1 aliphatic rings. The molecule has 1 aromatic rings. The highest BCUT2D eigenvalue weighted by Gasteiger charge is 2.19. The van der Waals surface area contributed by atoms with Gasteiger partial charge in [-0.1, -0.05) is 11.6 Å². The van der Waals surface area contributed by atoms with Crippen molar-refractivity contribution in [3.8, 4) is 0 Å². The Morgan fingerprint density at radius 2 is 2.19 bits per heavy atom. The van der Waals surface area contributed by atoms with Crippen molar-refractivity contribution in [2.24, 2.45) is 10.9 Å². The van der Waals surface area contributed by atoms with Gasteiger partial charge in [0.1, 0.15) is 6.10 Å². The van der Waals surface area contributed by atoms with Gasteiger partial charge in [0.15, 0.2) is 5.96 Å². The Morgan fingerprint density at radius 3 is 2.81 bits per heavy atom. The summed E-state index contributed by atoms with van der Waals surface area (Å²) in [6.45, 7) is 8.14. The van der Waals surface area contributed by atoms with Crippen LogP contribution in [0.25, 0.3) is 0 Å². The Kier molecular flexibility index (Phi) is 9.71. The van der Waals surface area contributed by atoms with Gasteiger partial charge < -0.3 is 25.4 Å². The van der Waals surface area contributed by atoms with E-state index in [1.54, 1.807) is 13.2 Å². The van der Waals surface area contributed by atoms with E-state index in [0.29, 0.717) is 16.8 Å². The molecule has 3 N–H and O–H groups in total. The molecule has 1 aliphatic heterocycles. The van der Waals surface area contributed by atoms with Crippen LogP contribution in [-0.4, -0.2) is 69.0 Å². The molecule has 1 unspecified atom stereocenters. The van der Waals surface area contributed by atoms with Gasteiger partial charge in [0.2, 0.25) is 0 Å². The highest BCUT2D eigenvalue weighted by molar-refractivity contribution is 7.16. The van der Waals surface area contributed by atoms with E-state index in [1.807, 2.05) is 13.0 Å². The average Bonchev–Trinajstić information content (AvgIpc) is 3.09. The lowest BCUT2D eigenvalue weighted by Crippen LogP contribution is -2.43. The zero-order chi connectivity index (χ0) is 18.8. The average molecular weight is 403 g/mol. The minimum absolute atomic E-state index is 0.321. The number of nitrogens with zero attached hydrogens (tertiary/aromatic N) is 2. The van der Waals surface area contributed by atoms with E-state index in [9.17, 15) is 5.11 Å². The maximum atomic E-state index is 10.2. The Hall–Kier alpha value is -0.860. The predicted octanol–water partition coefficient (Wildman–Crippen LogP) is 2.35. The molecule has 0 saturated carbocycles. The summed E-state index contributed by atoms with van der Waals surface area (Å²) in [7, 11) is 1.75. The summed E-state index contributed by atoms with van der Waals surface area (Å²) in [5.41, 5.74) is 0. The van der Waals surface area contributed by atoms with Crippen molar-refractivity contribution >= 4 is 28.9 Å². The van der Waals surface area contributed by atoms with Crippen molar-refractivity contribution in [1.29, 1.82) is 0 Å². The topological polar surface area (TPSA) is 69.1 Å². The van der Waals surface area contributed by atoms with Gasteiger partial charge in [0, 0.05) is 31.6 Å². The quantitative estimate of drug-likeness (QED) is 0.437. The van der Waals surface area contributed by atoms with Gasteiger partial charge in [-0.15, -0.1) is 11.3 Å². The molecule has 0 amide bonds. The van der Waals surface area contributed by atoms with Crippen LogP contribution in [0.2, 0.25) is 4.34 Å². The number of rotatable bonds is 9. The fourth-order valence-electron chi connectivity index (χ4n) is 2.99. The van der Waals surface area contributed by atoms with Crippen molar-refractivity contribution in [1.82, 2.24) is 15.5 Å². The molecule has 0 bridgehead atoms. The first kappa shape index (κ1) is 21.4. The lowest BCUT2D eigenvalue weighted by atomic mass is 9.97. The first-order valence-corrected chi connectivity index (χ1v) is 10.5. The van der Waals surface area contributed by atoms with Gasteiger partial charge in [0.25, 0.3) is 0 Å². The third-order valence-electron chi connectivity index (χ3n) is 4.57. The van der Waals surface area contributed by atoms with Gasteiger partial charge in [-0.25, -0.2) is 0 Å². The predicted molar refractivity (Wildman–Crippen MR) is 109 cm³/mol. The van der Waals surface area contributed by atoms with Gasteiger partial charge in [-0.2, -0.15) is 0 Å². The number of guanidine groups is 1. The highest BCUT2D eigenvalue weighted by Crippen LogP contribution is 2.26. The molecule has 1 aromatic heterocycles. The van der Waals surface area contributed by atoms with E-state index in [-0.39, 0.29) is 0 Å². The summed E-state index contributed by atoms with van der Waals surface area (Å²) in [6.07, 6.45) is 1.76. The summed E-state index contributed by atoms with van der Waals surface area (Å²) in [5, 5.41) is 16.9. The lowest BCUT2D eigenvalue weighted by molar-refractivity contribution is 0.121. The second kappa shape index (κ2) is 11.8. The molecular formula is C18H31ClN4O2S. The molecule has 6 nitrogen and oxygen atoms in total. The Morgan fingerprint density at radius 1 is 1.42 bits per heavy atom. The van der Waals surface area contributed by atoms with Crippen LogP contribution in [0.1, 0.15) is 30.7 Å². The van der Waals surface area contributed by atoms with E-state index in [4.69, 9.17) is 16.3 Å². The van der Waals surface area contributed by atoms with Crippen LogP contribution in [0.5, 0.6) is 0 Å². The number of nitrogens with one attached hydrogen (secondary N) is 2. The van der Waals surface area contributed by atoms with Crippen molar-refractivity contribution in [3.05, 3.63) is 21.3 Å². The van der Waals surface area contributed by atoms with Crippen LogP contribution in [0.3, 0.4) is 0 Å². The number of ether oxygens (including phenoxy) is 1. The number of likely N-dealkylation sites (tertiary alicyclic amines) is 1. The van der Waals surface area contributed by atoms with Crippen molar-refractivity contribution < 1.29 is 9.84 Å². The van der Waals surface area contributed by atoms with Crippen LogP contribution in [0, 0.1) is 5.92 Å². The third-order valence-corrected chi connectivity index (χ3v) is 5.90. The number of hydrogen-bond donors (Lipinski definition) is 3. The second-order valence-electron chi connectivity index (χ2n) is 6.54. The van der Waals surface area contributed by atoms with Crippen LogP contribution in [0.4, 0.5) is 0 Å². The van der Waals surface area contributed by atoms with Crippen molar-refractivity contribution in [2.75, 3.05) is 53.0 Å². The standard InChI is InChI=1S/C18H31ClN4O2S/c1-3-20-18(22-13-15(24)16-4-5-17(19)26-16)21-12-14-6-8-23(9-7-14)10-11-25-2/h4-5,14-15,24H,3,6-13H2,1-2H3,(H2,20,21,22). The summed E-state index contributed by atoms with van der Waals surface area (Å²) < 4.78 is 5.84. The summed E-state index contributed by atoms with van der Waals surface area (Å²) in [5.74, 6) is 1.41. The maximum absolute atomic E-state index is 10.2. The number of piperidine rings is 1. The number of thiophene rings is 1. The molecule has 0 spiro atoms.